The maximum atomic E-state index is 12.1. The molecule has 3 nitrogen and oxygen atoms in total. The molecule has 1 amide bonds. The van der Waals surface area contributed by atoms with E-state index in [0.29, 0.717) is 20.7 Å². The van der Waals surface area contributed by atoms with Crippen LogP contribution in [0.25, 0.3) is 0 Å². The second kappa shape index (κ2) is 6.11. The van der Waals surface area contributed by atoms with Crippen LogP contribution in [0.1, 0.15) is 10.4 Å². The Hall–Kier alpha value is -0.790. The highest BCUT2D eigenvalue weighted by molar-refractivity contribution is 14.1. The van der Waals surface area contributed by atoms with E-state index >= 15 is 0 Å². The first kappa shape index (κ1) is 14.6. The van der Waals surface area contributed by atoms with Crippen LogP contribution in [0, 0.1) is 3.57 Å². The van der Waals surface area contributed by atoms with Crippen molar-refractivity contribution >= 4 is 67.4 Å². The molecular weight excluding hydrogens is 442 g/mol. The maximum absolute atomic E-state index is 12.1. The Labute approximate surface area is 137 Å². The van der Waals surface area contributed by atoms with Gasteiger partial charge in [0.25, 0.3) is 5.91 Å². The number of benzene rings is 2. The molecule has 0 radical (unpaired) electrons. The third-order valence-electron chi connectivity index (χ3n) is 2.44. The highest BCUT2D eigenvalue weighted by Crippen LogP contribution is 2.24. The van der Waals surface area contributed by atoms with E-state index in [1.165, 1.54) is 0 Å². The van der Waals surface area contributed by atoms with Gasteiger partial charge in [-0.3, -0.25) is 4.79 Å². The van der Waals surface area contributed by atoms with Gasteiger partial charge in [-0.05, 0) is 74.9 Å². The van der Waals surface area contributed by atoms with Crippen molar-refractivity contribution in [2.75, 3.05) is 11.1 Å². The third-order valence-corrected chi connectivity index (χ3v) is 4.26. The number of rotatable bonds is 2. The van der Waals surface area contributed by atoms with E-state index in [2.05, 4.69) is 43.8 Å². The Balaban J connectivity index is 2.23. The molecule has 19 heavy (non-hydrogen) atoms. The van der Waals surface area contributed by atoms with Crippen molar-refractivity contribution < 1.29 is 4.79 Å². The third kappa shape index (κ3) is 3.61. The van der Waals surface area contributed by atoms with Gasteiger partial charge in [-0.2, -0.15) is 0 Å². The summed E-state index contributed by atoms with van der Waals surface area (Å²) in [4.78, 5) is 12.1. The fraction of sp³-hybridized carbons (Fsp3) is 0. The lowest BCUT2D eigenvalue weighted by Gasteiger charge is -2.08. The predicted octanol–water partition coefficient (Wildman–Crippen LogP) is 4.54. The largest absolute Gasteiger partial charge is 0.398 e. The van der Waals surface area contributed by atoms with Crippen LogP contribution in [0.5, 0.6) is 0 Å². The van der Waals surface area contributed by atoms with Crippen molar-refractivity contribution in [1.82, 2.24) is 0 Å². The van der Waals surface area contributed by atoms with E-state index in [9.17, 15) is 4.79 Å². The number of anilines is 2. The minimum Gasteiger partial charge on any atom is -0.398 e. The van der Waals surface area contributed by atoms with Crippen LogP contribution in [0.4, 0.5) is 11.4 Å². The van der Waals surface area contributed by atoms with Crippen LogP contribution < -0.4 is 11.1 Å². The summed E-state index contributed by atoms with van der Waals surface area (Å²) >= 11 is 11.3. The molecule has 0 aliphatic carbocycles. The standard InChI is InChI=1S/C13H9BrClIN2O/c14-9-5-7(1-3-11(9)17)13(19)18-12-4-2-8(15)6-10(12)16/h1-6H,17H2,(H,18,19). The van der Waals surface area contributed by atoms with Crippen molar-refractivity contribution in [2.45, 2.75) is 0 Å². The molecule has 0 atom stereocenters. The van der Waals surface area contributed by atoms with E-state index in [1.807, 2.05) is 0 Å². The lowest BCUT2D eigenvalue weighted by Crippen LogP contribution is -2.13. The van der Waals surface area contributed by atoms with E-state index in [1.54, 1.807) is 36.4 Å². The van der Waals surface area contributed by atoms with Gasteiger partial charge in [0.2, 0.25) is 0 Å². The van der Waals surface area contributed by atoms with Crippen LogP contribution in [-0.2, 0) is 0 Å². The number of nitrogens with two attached hydrogens (primary N) is 1. The molecule has 0 saturated carbocycles. The molecule has 98 valence electrons. The van der Waals surface area contributed by atoms with Gasteiger partial charge < -0.3 is 11.1 Å². The normalized spacial score (nSPS) is 10.3. The van der Waals surface area contributed by atoms with Crippen LogP contribution in [0.15, 0.2) is 40.9 Å². The molecule has 0 aliphatic heterocycles. The Morgan fingerprint density at radius 3 is 2.63 bits per heavy atom. The Kier molecular flexibility index (Phi) is 4.70. The fourth-order valence-corrected chi connectivity index (χ4v) is 2.84. The number of carbonyl (C=O) groups is 1. The highest BCUT2D eigenvalue weighted by Gasteiger charge is 2.09. The number of hydrogen-bond donors (Lipinski definition) is 2. The summed E-state index contributed by atoms with van der Waals surface area (Å²) in [5, 5.41) is 3.47. The summed E-state index contributed by atoms with van der Waals surface area (Å²) in [6.07, 6.45) is 0. The van der Waals surface area contributed by atoms with Crippen molar-refractivity contribution in [3.8, 4) is 0 Å². The summed E-state index contributed by atoms with van der Waals surface area (Å²) in [6.45, 7) is 0. The zero-order chi connectivity index (χ0) is 14.0. The van der Waals surface area contributed by atoms with Crippen molar-refractivity contribution in [3.05, 3.63) is 55.0 Å². The molecule has 0 spiro atoms. The molecule has 2 aromatic rings. The average Bonchev–Trinajstić information content (AvgIpc) is 2.36. The van der Waals surface area contributed by atoms with Crippen molar-refractivity contribution in [2.24, 2.45) is 0 Å². The van der Waals surface area contributed by atoms with E-state index < -0.39 is 0 Å². The molecule has 0 fully saturated rings. The lowest BCUT2D eigenvalue weighted by molar-refractivity contribution is 0.102. The van der Waals surface area contributed by atoms with Crippen LogP contribution >= 0.6 is 50.1 Å². The molecule has 3 N–H and O–H groups in total. The summed E-state index contributed by atoms with van der Waals surface area (Å²) in [5.74, 6) is -0.194. The number of halogens is 3. The van der Waals surface area contributed by atoms with Gasteiger partial charge in [-0.15, -0.1) is 0 Å². The molecule has 0 aliphatic rings. The zero-order valence-corrected chi connectivity index (χ0v) is 14.1. The average molecular weight is 451 g/mol. The minimum atomic E-state index is -0.194. The number of nitrogens with one attached hydrogen (secondary N) is 1. The molecule has 2 rings (SSSR count). The molecule has 0 unspecified atom stereocenters. The second-order valence-electron chi connectivity index (χ2n) is 3.81. The summed E-state index contributed by atoms with van der Waals surface area (Å²) < 4.78 is 1.58. The summed E-state index contributed by atoms with van der Waals surface area (Å²) in [6, 6.07) is 10.3. The van der Waals surface area contributed by atoms with Crippen molar-refractivity contribution in [1.29, 1.82) is 0 Å². The smallest absolute Gasteiger partial charge is 0.255 e. The monoisotopic (exact) mass is 450 g/mol. The molecule has 2 aromatic carbocycles. The van der Waals surface area contributed by atoms with Gasteiger partial charge in [0.1, 0.15) is 0 Å². The molecule has 0 aromatic heterocycles. The van der Waals surface area contributed by atoms with Gasteiger partial charge >= 0.3 is 0 Å². The molecular formula is C13H9BrClIN2O. The van der Waals surface area contributed by atoms with Gasteiger partial charge in [0, 0.05) is 24.3 Å². The number of hydrogen-bond acceptors (Lipinski definition) is 2. The molecule has 0 bridgehead atoms. The van der Waals surface area contributed by atoms with Crippen molar-refractivity contribution in [3.63, 3.8) is 0 Å². The Bertz CT molecular complexity index is 649. The number of carbonyl (C=O) groups excluding carboxylic acids is 1. The first-order valence-corrected chi connectivity index (χ1v) is 7.54. The van der Waals surface area contributed by atoms with Gasteiger partial charge in [-0.1, -0.05) is 11.6 Å². The fourth-order valence-electron chi connectivity index (χ4n) is 1.45. The molecule has 0 heterocycles. The SMILES string of the molecule is Nc1ccc(C(=O)Nc2ccc(Cl)cc2I)cc1Br. The predicted molar refractivity (Wildman–Crippen MR) is 90.7 cm³/mol. The van der Waals surface area contributed by atoms with E-state index in [-0.39, 0.29) is 5.91 Å². The van der Waals surface area contributed by atoms with Gasteiger partial charge in [0.15, 0.2) is 0 Å². The Morgan fingerprint density at radius 1 is 1.26 bits per heavy atom. The molecule has 0 saturated heterocycles. The lowest BCUT2D eigenvalue weighted by atomic mass is 10.2. The highest BCUT2D eigenvalue weighted by atomic mass is 127. The Morgan fingerprint density at radius 2 is 2.00 bits per heavy atom. The number of nitrogen functional groups attached to an aromatic ring is 1. The quantitative estimate of drug-likeness (QED) is 0.520. The van der Waals surface area contributed by atoms with Gasteiger partial charge in [-0.25, -0.2) is 0 Å². The molecule has 6 heteroatoms. The first-order chi connectivity index (χ1) is 8.97. The minimum absolute atomic E-state index is 0.194. The maximum Gasteiger partial charge on any atom is 0.255 e. The number of amides is 1. The first-order valence-electron chi connectivity index (χ1n) is 5.29. The van der Waals surface area contributed by atoms with Crippen LogP contribution in [0.2, 0.25) is 5.02 Å². The van der Waals surface area contributed by atoms with Gasteiger partial charge in [0.05, 0.1) is 5.69 Å². The second-order valence-corrected chi connectivity index (χ2v) is 6.27. The van der Waals surface area contributed by atoms with E-state index in [0.717, 1.165) is 9.26 Å². The summed E-state index contributed by atoms with van der Waals surface area (Å²) in [5.41, 5.74) is 7.54. The topological polar surface area (TPSA) is 55.1 Å². The van der Waals surface area contributed by atoms with Crippen LogP contribution in [-0.4, -0.2) is 5.91 Å². The van der Waals surface area contributed by atoms with Crippen LogP contribution in [0.3, 0.4) is 0 Å². The summed E-state index contributed by atoms with van der Waals surface area (Å²) in [7, 11) is 0. The van der Waals surface area contributed by atoms with E-state index in [4.69, 9.17) is 17.3 Å². The zero-order valence-electron chi connectivity index (χ0n) is 9.58.